The minimum atomic E-state index is 0.373. The number of rotatable bonds is 0. The Labute approximate surface area is 66.0 Å². The van der Waals surface area contributed by atoms with E-state index in [4.69, 9.17) is 5.73 Å². The van der Waals surface area contributed by atoms with Crippen molar-refractivity contribution >= 4 is 0 Å². The molecule has 1 atom stereocenters. The fourth-order valence-corrected chi connectivity index (χ4v) is 1.58. The van der Waals surface area contributed by atoms with Gasteiger partial charge in [-0.3, -0.25) is 0 Å². The molecule has 11 heavy (non-hydrogen) atoms. The van der Waals surface area contributed by atoms with Gasteiger partial charge in [0, 0.05) is 11.7 Å². The zero-order chi connectivity index (χ0) is 7.68. The number of imidazole rings is 1. The predicted octanol–water partition coefficient (Wildman–Crippen LogP) is 0.616. The Balaban J connectivity index is 2.20. The summed E-state index contributed by atoms with van der Waals surface area (Å²) < 4.78 is 0. The summed E-state index contributed by atoms with van der Waals surface area (Å²) in [5.41, 5.74) is 8.34. The number of nitrogens with zero attached hydrogens (tertiary/aromatic N) is 1. The number of aromatic nitrogens is 2. The highest BCUT2D eigenvalue weighted by Gasteiger charge is 2.13. The summed E-state index contributed by atoms with van der Waals surface area (Å²) in [5, 5.41) is 0. The normalized spacial score (nSPS) is 19.4. The summed E-state index contributed by atoms with van der Waals surface area (Å²) in [7, 11) is 0. The summed E-state index contributed by atoms with van der Waals surface area (Å²) in [5.74, 6) is 0. The van der Waals surface area contributed by atoms with E-state index in [0.717, 1.165) is 25.7 Å². The van der Waals surface area contributed by atoms with Crippen molar-refractivity contribution in [1.82, 2.24) is 9.97 Å². The first kappa shape index (κ1) is 6.85. The van der Waals surface area contributed by atoms with E-state index in [0.29, 0.717) is 6.04 Å². The Bertz CT molecular complexity index is 219. The summed E-state index contributed by atoms with van der Waals surface area (Å²) in [6, 6.07) is 0.373. The minimum Gasteiger partial charge on any atom is -0.348 e. The molecule has 0 fully saturated rings. The fourth-order valence-electron chi connectivity index (χ4n) is 1.58. The molecule has 3 heteroatoms. The zero-order valence-corrected chi connectivity index (χ0v) is 6.51. The maximum absolute atomic E-state index is 5.83. The molecule has 0 radical (unpaired) electrons. The van der Waals surface area contributed by atoms with Gasteiger partial charge in [0.25, 0.3) is 0 Å². The monoisotopic (exact) mass is 151 g/mol. The SMILES string of the molecule is NC1CCc2nc[nH]c2CC1. The lowest BCUT2D eigenvalue weighted by molar-refractivity contribution is 0.585. The van der Waals surface area contributed by atoms with E-state index in [9.17, 15) is 0 Å². The van der Waals surface area contributed by atoms with Crippen LogP contribution in [0, 0.1) is 0 Å². The van der Waals surface area contributed by atoms with E-state index in [1.165, 1.54) is 11.4 Å². The topological polar surface area (TPSA) is 54.7 Å². The average molecular weight is 151 g/mol. The van der Waals surface area contributed by atoms with Crippen LogP contribution >= 0.6 is 0 Å². The summed E-state index contributed by atoms with van der Waals surface area (Å²) in [6.07, 6.45) is 6.06. The molecule has 0 bridgehead atoms. The van der Waals surface area contributed by atoms with Gasteiger partial charge in [-0.05, 0) is 25.7 Å². The maximum Gasteiger partial charge on any atom is 0.0925 e. The van der Waals surface area contributed by atoms with Gasteiger partial charge < -0.3 is 10.7 Å². The third kappa shape index (κ3) is 1.28. The molecular formula is C8H13N3. The number of H-pyrrole nitrogens is 1. The Morgan fingerprint density at radius 1 is 1.45 bits per heavy atom. The molecule has 0 aliphatic heterocycles. The molecule has 1 aliphatic carbocycles. The second kappa shape index (κ2) is 2.66. The van der Waals surface area contributed by atoms with Crippen molar-refractivity contribution in [3.8, 4) is 0 Å². The molecule has 1 unspecified atom stereocenters. The molecule has 1 aliphatic rings. The van der Waals surface area contributed by atoms with Crippen LogP contribution in [0.15, 0.2) is 6.33 Å². The minimum absolute atomic E-state index is 0.373. The van der Waals surface area contributed by atoms with Gasteiger partial charge in [0.2, 0.25) is 0 Å². The van der Waals surface area contributed by atoms with Gasteiger partial charge in [-0.1, -0.05) is 0 Å². The first-order chi connectivity index (χ1) is 5.36. The molecule has 2 rings (SSSR count). The van der Waals surface area contributed by atoms with E-state index in [2.05, 4.69) is 9.97 Å². The second-order valence-electron chi connectivity index (χ2n) is 3.17. The van der Waals surface area contributed by atoms with Crippen LogP contribution in [0.25, 0.3) is 0 Å². The average Bonchev–Trinajstić information content (AvgIpc) is 2.38. The first-order valence-corrected chi connectivity index (χ1v) is 4.13. The van der Waals surface area contributed by atoms with E-state index in [-0.39, 0.29) is 0 Å². The maximum atomic E-state index is 5.83. The smallest absolute Gasteiger partial charge is 0.0925 e. The van der Waals surface area contributed by atoms with E-state index in [1.807, 2.05) is 0 Å². The lowest BCUT2D eigenvalue weighted by Gasteiger charge is -2.03. The largest absolute Gasteiger partial charge is 0.348 e. The Hall–Kier alpha value is -0.830. The molecule has 1 aromatic rings. The van der Waals surface area contributed by atoms with Crippen LogP contribution in [0.5, 0.6) is 0 Å². The van der Waals surface area contributed by atoms with Crippen LogP contribution in [0.4, 0.5) is 0 Å². The van der Waals surface area contributed by atoms with Gasteiger partial charge in [-0.2, -0.15) is 0 Å². The standard InChI is InChI=1S/C8H13N3/c9-6-1-3-7-8(4-2-6)11-5-10-7/h5-6H,1-4,9H2,(H,10,11). The number of hydrogen-bond donors (Lipinski definition) is 2. The quantitative estimate of drug-likeness (QED) is 0.534. The highest BCUT2D eigenvalue weighted by Crippen LogP contribution is 2.15. The van der Waals surface area contributed by atoms with Crippen molar-refractivity contribution in [2.75, 3.05) is 0 Å². The molecule has 0 saturated carbocycles. The van der Waals surface area contributed by atoms with Crippen molar-refractivity contribution in [1.29, 1.82) is 0 Å². The Kier molecular flexibility index (Phi) is 1.66. The van der Waals surface area contributed by atoms with Crippen LogP contribution in [0.1, 0.15) is 24.2 Å². The highest BCUT2D eigenvalue weighted by molar-refractivity contribution is 5.13. The summed E-state index contributed by atoms with van der Waals surface area (Å²) in [6.45, 7) is 0. The number of fused-ring (bicyclic) bond motifs is 1. The van der Waals surface area contributed by atoms with Gasteiger partial charge in [-0.25, -0.2) is 4.98 Å². The molecule has 0 amide bonds. The van der Waals surface area contributed by atoms with E-state index in [1.54, 1.807) is 6.33 Å². The number of nitrogens with two attached hydrogens (primary N) is 1. The van der Waals surface area contributed by atoms with Gasteiger partial charge in [0.05, 0.1) is 12.0 Å². The zero-order valence-electron chi connectivity index (χ0n) is 6.51. The molecule has 60 valence electrons. The molecule has 0 spiro atoms. The number of aryl methyl sites for hydroxylation is 2. The lowest BCUT2D eigenvalue weighted by Crippen LogP contribution is -2.19. The van der Waals surface area contributed by atoms with Crippen LogP contribution in [-0.4, -0.2) is 16.0 Å². The van der Waals surface area contributed by atoms with Crippen molar-refractivity contribution in [3.05, 3.63) is 17.7 Å². The van der Waals surface area contributed by atoms with Crippen LogP contribution in [0.2, 0.25) is 0 Å². The highest BCUT2D eigenvalue weighted by atomic mass is 14.9. The molecule has 1 aromatic heterocycles. The lowest BCUT2D eigenvalue weighted by atomic mass is 10.1. The van der Waals surface area contributed by atoms with Crippen molar-refractivity contribution in [3.63, 3.8) is 0 Å². The first-order valence-electron chi connectivity index (χ1n) is 4.13. The molecule has 0 aromatic carbocycles. The third-order valence-electron chi connectivity index (χ3n) is 2.32. The van der Waals surface area contributed by atoms with Crippen molar-refractivity contribution < 1.29 is 0 Å². The third-order valence-corrected chi connectivity index (χ3v) is 2.32. The number of hydrogen-bond acceptors (Lipinski definition) is 2. The fraction of sp³-hybridized carbons (Fsp3) is 0.625. The van der Waals surface area contributed by atoms with Gasteiger partial charge in [0.1, 0.15) is 0 Å². The predicted molar refractivity (Wildman–Crippen MR) is 43.2 cm³/mol. The number of nitrogens with one attached hydrogen (secondary N) is 1. The number of aromatic amines is 1. The van der Waals surface area contributed by atoms with Crippen LogP contribution in [-0.2, 0) is 12.8 Å². The van der Waals surface area contributed by atoms with Crippen LogP contribution in [0.3, 0.4) is 0 Å². The van der Waals surface area contributed by atoms with Gasteiger partial charge in [-0.15, -0.1) is 0 Å². The molecular weight excluding hydrogens is 138 g/mol. The van der Waals surface area contributed by atoms with Crippen molar-refractivity contribution in [2.24, 2.45) is 5.73 Å². The molecule has 3 nitrogen and oxygen atoms in total. The molecule has 0 saturated heterocycles. The Morgan fingerprint density at radius 2 is 2.27 bits per heavy atom. The molecule has 3 N–H and O–H groups in total. The van der Waals surface area contributed by atoms with Gasteiger partial charge in [0.15, 0.2) is 0 Å². The summed E-state index contributed by atoms with van der Waals surface area (Å²) >= 11 is 0. The van der Waals surface area contributed by atoms with Crippen molar-refractivity contribution in [2.45, 2.75) is 31.7 Å². The Morgan fingerprint density at radius 3 is 3.18 bits per heavy atom. The van der Waals surface area contributed by atoms with Crippen LogP contribution < -0.4 is 5.73 Å². The van der Waals surface area contributed by atoms with E-state index >= 15 is 0 Å². The second-order valence-corrected chi connectivity index (χ2v) is 3.17. The molecule has 1 heterocycles. The van der Waals surface area contributed by atoms with E-state index < -0.39 is 0 Å². The summed E-state index contributed by atoms with van der Waals surface area (Å²) in [4.78, 5) is 7.39. The van der Waals surface area contributed by atoms with Gasteiger partial charge >= 0.3 is 0 Å².